The monoisotopic (exact) mass is 368 g/mol. The fraction of sp³-hybridized carbons (Fsp3) is 0. The quantitative estimate of drug-likeness (QED) is 0.214. The Labute approximate surface area is 161 Å². The first-order chi connectivity index (χ1) is 13.6. The van der Waals surface area contributed by atoms with Gasteiger partial charge in [-0.25, -0.2) is 0 Å². The smallest absolute Gasteiger partial charge is 0.269 e. The van der Waals surface area contributed by atoms with Crippen LogP contribution >= 0.6 is 0 Å². The standard InChI is InChI=1S/C23H16N2O3/c26-22(16-10-12-18(13-11-16)25(27)28)15-14-20-19-8-4-5-9-21(19)24-23(20)17-6-2-1-3-7-17/h1-15,24H. The average Bonchev–Trinajstić information content (AvgIpc) is 3.11. The third-order valence-corrected chi connectivity index (χ3v) is 4.57. The Balaban J connectivity index is 1.72. The molecule has 0 aliphatic heterocycles. The molecular formula is C23H16N2O3. The number of nitro groups is 1. The van der Waals surface area contributed by atoms with Gasteiger partial charge in [-0.3, -0.25) is 14.9 Å². The SMILES string of the molecule is O=C(C=Cc1c(-c2ccccc2)[nH]c2ccccc12)c1ccc([N+](=O)[O-])cc1. The lowest BCUT2D eigenvalue weighted by molar-refractivity contribution is -0.384. The fourth-order valence-corrected chi connectivity index (χ4v) is 3.17. The summed E-state index contributed by atoms with van der Waals surface area (Å²) in [5.41, 5.74) is 4.25. The molecule has 0 amide bonds. The van der Waals surface area contributed by atoms with Crippen LogP contribution < -0.4 is 0 Å². The number of para-hydroxylation sites is 1. The van der Waals surface area contributed by atoms with Crippen LogP contribution in [0.3, 0.4) is 0 Å². The van der Waals surface area contributed by atoms with Crippen molar-refractivity contribution in [3.05, 3.63) is 106 Å². The number of nitrogens with one attached hydrogen (secondary N) is 1. The van der Waals surface area contributed by atoms with Crippen molar-refractivity contribution in [2.45, 2.75) is 0 Å². The van der Waals surface area contributed by atoms with Crippen molar-refractivity contribution in [2.24, 2.45) is 0 Å². The third-order valence-electron chi connectivity index (χ3n) is 4.57. The van der Waals surface area contributed by atoms with E-state index in [1.807, 2.05) is 54.6 Å². The van der Waals surface area contributed by atoms with E-state index in [1.165, 1.54) is 30.3 Å². The van der Waals surface area contributed by atoms with Gasteiger partial charge in [-0.2, -0.15) is 0 Å². The highest BCUT2D eigenvalue weighted by atomic mass is 16.6. The molecule has 0 bridgehead atoms. The molecule has 0 fully saturated rings. The van der Waals surface area contributed by atoms with Crippen molar-refractivity contribution in [1.82, 2.24) is 4.98 Å². The molecule has 5 nitrogen and oxygen atoms in total. The molecule has 0 aliphatic carbocycles. The predicted octanol–water partition coefficient (Wildman–Crippen LogP) is 5.64. The number of H-pyrrole nitrogens is 1. The van der Waals surface area contributed by atoms with Gasteiger partial charge in [0, 0.05) is 34.2 Å². The average molecular weight is 368 g/mol. The highest BCUT2D eigenvalue weighted by Gasteiger charge is 2.12. The molecule has 1 aromatic heterocycles. The number of hydrogen-bond acceptors (Lipinski definition) is 3. The van der Waals surface area contributed by atoms with Crippen molar-refractivity contribution in [3.63, 3.8) is 0 Å². The van der Waals surface area contributed by atoms with E-state index in [0.29, 0.717) is 5.56 Å². The van der Waals surface area contributed by atoms with Crippen LogP contribution in [0.25, 0.3) is 28.2 Å². The lowest BCUT2D eigenvalue weighted by atomic mass is 10.0. The Hall–Kier alpha value is -3.99. The molecule has 5 heteroatoms. The Bertz CT molecular complexity index is 1190. The molecule has 136 valence electrons. The number of allylic oxidation sites excluding steroid dienone is 1. The molecule has 4 rings (SSSR count). The second-order valence-electron chi connectivity index (χ2n) is 6.33. The van der Waals surface area contributed by atoms with E-state index in [2.05, 4.69) is 4.98 Å². The van der Waals surface area contributed by atoms with E-state index < -0.39 is 4.92 Å². The first-order valence-electron chi connectivity index (χ1n) is 8.76. The van der Waals surface area contributed by atoms with Crippen LogP contribution in [-0.2, 0) is 0 Å². The Morgan fingerprint density at radius 1 is 0.893 bits per heavy atom. The number of ketones is 1. The molecule has 0 saturated heterocycles. The van der Waals surface area contributed by atoms with Gasteiger partial charge in [0.2, 0.25) is 0 Å². The van der Waals surface area contributed by atoms with Crippen molar-refractivity contribution in [2.75, 3.05) is 0 Å². The van der Waals surface area contributed by atoms with E-state index in [0.717, 1.165) is 27.7 Å². The molecule has 3 aromatic carbocycles. The highest BCUT2D eigenvalue weighted by molar-refractivity contribution is 6.09. The number of aromatic nitrogens is 1. The Morgan fingerprint density at radius 3 is 2.29 bits per heavy atom. The second-order valence-corrected chi connectivity index (χ2v) is 6.33. The maximum atomic E-state index is 12.5. The number of rotatable bonds is 5. The summed E-state index contributed by atoms with van der Waals surface area (Å²) >= 11 is 0. The largest absolute Gasteiger partial charge is 0.354 e. The molecule has 28 heavy (non-hydrogen) atoms. The molecule has 0 saturated carbocycles. The first kappa shape index (κ1) is 17.4. The van der Waals surface area contributed by atoms with E-state index in [4.69, 9.17) is 0 Å². The van der Waals surface area contributed by atoms with Crippen LogP contribution in [0.5, 0.6) is 0 Å². The number of nitro benzene ring substituents is 1. The molecule has 0 radical (unpaired) electrons. The molecule has 1 N–H and O–H groups in total. The van der Waals surface area contributed by atoms with Gasteiger partial charge in [0.25, 0.3) is 5.69 Å². The maximum absolute atomic E-state index is 12.5. The number of nitrogens with zero attached hydrogens (tertiary/aromatic N) is 1. The van der Waals surface area contributed by atoms with Crippen LogP contribution in [0.4, 0.5) is 5.69 Å². The van der Waals surface area contributed by atoms with E-state index in [9.17, 15) is 14.9 Å². The summed E-state index contributed by atoms with van der Waals surface area (Å²) < 4.78 is 0. The first-order valence-corrected chi connectivity index (χ1v) is 8.76. The minimum atomic E-state index is -0.484. The molecule has 0 spiro atoms. The summed E-state index contributed by atoms with van der Waals surface area (Å²) in [5.74, 6) is -0.209. The summed E-state index contributed by atoms with van der Waals surface area (Å²) in [6.45, 7) is 0. The van der Waals surface area contributed by atoms with Crippen molar-refractivity contribution in [1.29, 1.82) is 0 Å². The van der Waals surface area contributed by atoms with Gasteiger partial charge in [-0.15, -0.1) is 0 Å². The number of fused-ring (bicyclic) bond motifs is 1. The minimum absolute atomic E-state index is 0.0384. The van der Waals surface area contributed by atoms with Crippen molar-refractivity contribution >= 4 is 28.4 Å². The molecule has 1 heterocycles. The fourth-order valence-electron chi connectivity index (χ4n) is 3.17. The van der Waals surface area contributed by atoms with Gasteiger partial charge in [0.1, 0.15) is 0 Å². The van der Waals surface area contributed by atoms with Gasteiger partial charge >= 0.3 is 0 Å². The third kappa shape index (κ3) is 3.33. The zero-order valence-electron chi connectivity index (χ0n) is 14.8. The zero-order chi connectivity index (χ0) is 19.5. The van der Waals surface area contributed by atoms with Crippen LogP contribution in [0.2, 0.25) is 0 Å². The highest BCUT2D eigenvalue weighted by Crippen LogP contribution is 2.31. The van der Waals surface area contributed by atoms with Gasteiger partial charge in [0.05, 0.1) is 10.6 Å². The van der Waals surface area contributed by atoms with E-state index in [1.54, 1.807) is 6.08 Å². The van der Waals surface area contributed by atoms with Gasteiger partial charge in [-0.1, -0.05) is 48.5 Å². The summed E-state index contributed by atoms with van der Waals surface area (Å²) in [6, 6.07) is 23.5. The minimum Gasteiger partial charge on any atom is -0.354 e. The summed E-state index contributed by atoms with van der Waals surface area (Å²) in [7, 11) is 0. The van der Waals surface area contributed by atoms with Gasteiger partial charge < -0.3 is 4.98 Å². The summed E-state index contributed by atoms with van der Waals surface area (Å²) in [4.78, 5) is 26.2. The molecule has 0 unspecified atom stereocenters. The Morgan fingerprint density at radius 2 is 1.57 bits per heavy atom. The van der Waals surface area contributed by atoms with Crippen LogP contribution in [0, 0.1) is 10.1 Å². The number of benzene rings is 3. The predicted molar refractivity (Wildman–Crippen MR) is 110 cm³/mol. The number of carbonyl (C=O) groups is 1. The van der Waals surface area contributed by atoms with Gasteiger partial charge in [0.15, 0.2) is 5.78 Å². The molecule has 0 aliphatic rings. The van der Waals surface area contributed by atoms with Crippen molar-refractivity contribution < 1.29 is 9.72 Å². The number of hydrogen-bond donors (Lipinski definition) is 1. The summed E-state index contributed by atoms with van der Waals surface area (Å²) in [6.07, 6.45) is 3.30. The maximum Gasteiger partial charge on any atom is 0.269 e. The van der Waals surface area contributed by atoms with Crippen LogP contribution in [0.15, 0.2) is 84.9 Å². The van der Waals surface area contributed by atoms with Crippen molar-refractivity contribution in [3.8, 4) is 11.3 Å². The summed E-state index contributed by atoms with van der Waals surface area (Å²) in [5, 5.41) is 11.8. The van der Waals surface area contributed by atoms with E-state index >= 15 is 0 Å². The van der Waals surface area contributed by atoms with Gasteiger partial charge in [-0.05, 0) is 35.9 Å². The second kappa shape index (κ2) is 7.32. The lowest BCUT2D eigenvalue weighted by Gasteiger charge is -2.01. The number of aromatic amines is 1. The normalized spacial score (nSPS) is 11.1. The number of carbonyl (C=O) groups excluding carboxylic acids is 1. The number of non-ortho nitro benzene ring substituents is 1. The molecule has 0 atom stereocenters. The van der Waals surface area contributed by atoms with Crippen LogP contribution in [0.1, 0.15) is 15.9 Å². The van der Waals surface area contributed by atoms with Crippen LogP contribution in [-0.4, -0.2) is 15.7 Å². The topological polar surface area (TPSA) is 76.0 Å². The molecule has 4 aromatic rings. The van der Waals surface area contributed by atoms with E-state index in [-0.39, 0.29) is 11.5 Å². The Kier molecular flexibility index (Phi) is 4.56. The lowest BCUT2D eigenvalue weighted by Crippen LogP contribution is -1.95. The zero-order valence-corrected chi connectivity index (χ0v) is 14.8. The molecular weight excluding hydrogens is 352 g/mol.